The van der Waals surface area contributed by atoms with Gasteiger partial charge in [-0.3, -0.25) is 4.79 Å². The minimum Gasteiger partial charge on any atom is -0.490 e. The predicted molar refractivity (Wildman–Crippen MR) is 124 cm³/mol. The molecule has 0 aliphatic carbocycles. The van der Waals surface area contributed by atoms with Gasteiger partial charge in [0.1, 0.15) is 0 Å². The Morgan fingerprint density at radius 3 is 2.48 bits per heavy atom. The molecule has 0 unspecified atom stereocenters. The number of hydrazone groups is 1. The molecule has 3 rings (SSSR count). The molecule has 0 bridgehead atoms. The summed E-state index contributed by atoms with van der Waals surface area (Å²) in [6.07, 6.45) is 1.81. The number of hydrogen-bond acceptors (Lipinski definition) is 4. The molecule has 0 fully saturated rings. The maximum atomic E-state index is 13.0. The molecule has 1 aliphatic rings. The lowest BCUT2D eigenvalue weighted by Crippen LogP contribution is -2.21. The van der Waals surface area contributed by atoms with E-state index in [1.54, 1.807) is 0 Å². The van der Waals surface area contributed by atoms with Gasteiger partial charge in [-0.2, -0.15) is 10.1 Å². The quantitative estimate of drug-likeness (QED) is 0.425. The van der Waals surface area contributed by atoms with Crippen LogP contribution in [-0.2, 0) is 4.79 Å². The Balaban J connectivity index is 2.04. The summed E-state index contributed by atoms with van der Waals surface area (Å²) in [7, 11) is 0. The lowest BCUT2D eigenvalue weighted by molar-refractivity contribution is -0.114. The lowest BCUT2D eigenvalue weighted by Gasteiger charge is -2.18. The highest BCUT2D eigenvalue weighted by Crippen LogP contribution is 2.44. The molecule has 1 aliphatic heterocycles. The van der Waals surface area contributed by atoms with Crippen LogP contribution >= 0.6 is 31.9 Å². The van der Waals surface area contributed by atoms with Crippen LogP contribution in [-0.4, -0.2) is 24.3 Å². The first kappa shape index (κ1) is 21.6. The largest absolute Gasteiger partial charge is 0.490 e. The maximum Gasteiger partial charge on any atom is 0.280 e. The number of rotatable bonds is 6. The Morgan fingerprint density at radius 1 is 1.17 bits per heavy atom. The van der Waals surface area contributed by atoms with Crippen molar-refractivity contribution in [3.8, 4) is 11.5 Å². The number of carbonyl (C=O) groups excluding carboxylic acids is 1. The van der Waals surface area contributed by atoms with E-state index in [1.165, 1.54) is 5.01 Å². The highest BCUT2D eigenvalue weighted by atomic mass is 79.9. The number of hydrogen-bond donors (Lipinski definition) is 0. The Hall–Kier alpha value is -2.12. The Morgan fingerprint density at radius 2 is 1.86 bits per heavy atom. The summed E-state index contributed by atoms with van der Waals surface area (Å²) in [5.41, 5.74) is 2.71. The molecule has 0 saturated carbocycles. The topological polar surface area (TPSA) is 51.1 Å². The number of benzene rings is 2. The number of carbonyl (C=O) groups is 1. The van der Waals surface area contributed by atoms with E-state index in [9.17, 15) is 4.79 Å². The van der Waals surface area contributed by atoms with E-state index in [0.29, 0.717) is 29.4 Å². The molecular formula is C22H22Br2N2O3. The highest BCUT2D eigenvalue weighted by molar-refractivity contribution is 9.13. The zero-order valence-corrected chi connectivity index (χ0v) is 19.9. The van der Waals surface area contributed by atoms with Gasteiger partial charge in [-0.1, -0.05) is 18.2 Å². The van der Waals surface area contributed by atoms with Gasteiger partial charge in [0.05, 0.1) is 34.2 Å². The van der Waals surface area contributed by atoms with Gasteiger partial charge in [0.2, 0.25) is 0 Å². The smallest absolute Gasteiger partial charge is 0.280 e. The maximum absolute atomic E-state index is 13.0. The number of halogens is 2. The SMILES string of the molecule is CCOc1cc(/C=C2/C(=O)N(c3ccccc3)N=C2C)c(Br)c(Br)c1OC(C)C. The van der Waals surface area contributed by atoms with Crippen molar-refractivity contribution in [2.75, 3.05) is 11.6 Å². The molecular weight excluding hydrogens is 500 g/mol. The molecule has 0 atom stereocenters. The van der Waals surface area contributed by atoms with Crippen LogP contribution in [0.2, 0.25) is 0 Å². The van der Waals surface area contributed by atoms with Crippen LogP contribution in [0.25, 0.3) is 6.08 Å². The van der Waals surface area contributed by atoms with Crippen molar-refractivity contribution in [1.82, 2.24) is 0 Å². The molecule has 1 heterocycles. The fourth-order valence-corrected chi connectivity index (χ4v) is 3.83. The normalized spacial score (nSPS) is 15.3. The van der Waals surface area contributed by atoms with Crippen LogP contribution < -0.4 is 14.5 Å². The molecule has 2 aromatic rings. The van der Waals surface area contributed by atoms with Crippen molar-refractivity contribution in [3.05, 3.63) is 56.5 Å². The molecule has 1 amide bonds. The lowest BCUT2D eigenvalue weighted by atomic mass is 10.1. The molecule has 2 aromatic carbocycles. The Kier molecular flexibility index (Phi) is 6.80. The summed E-state index contributed by atoms with van der Waals surface area (Å²) in [5.74, 6) is 1.07. The van der Waals surface area contributed by atoms with Gasteiger partial charge in [0.15, 0.2) is 11.5 Å². The summed E-state index contributed by atoms with van der Waals surface area (Å²) in [6.45, 7) is 8.17. The van der Waals surface area contributed by atoms with Gasteiger partial charge in [-0.05, 0) is 89.4 Å². The van der Waals surface area contributed by atoms with Crippen LogP contribution in [0.15, 0.2) is 56.0 Å². The molecule has 0 radical (unpaired) electrons. The van der Waals surface area contributed by atoms with Crippen molar-refractivity contribution in [2.24, 2.45) is 5.10 Å². The van der Waals surface area contributed by atoms with E-state index in [-0.39, 0.29) is 12.0 Å². The van der Waals surface area contributed by atoms with Crippen LogP contribution in [0.4, 0.5) is 5.69 Å². The zero-order chi connectivity index (χ0) is 21.1. The van der Waals surface area contributed by atoms with E-state index >= 15 is 0 Å². The summed E-state index contributed by atoms with van der Waals surface area (Å²) >= 11 is 7.22. The van der Waals surface area contributed by atoms with E-state index in [2.05, 4.69) is 37.0 Å². The van der Waals surface area contributed by atoms with Crippen molar-refractivity contribution < 1.29 is 14.3 Å². The number of nitrogens with zero attached hydrogens (tertiary/aromatic N) is 2. The van der Waals surface area contributed by atoms with Crippen LogP contribution in [0.3, 0.4) is 0 Å². The summed E-state index contributed by atoms with van der Waals surface area (Å²) in [6, 6.07) is 11.2. The average Bonchev–Trinajstić information content (AvgIpc) is 2.97. The van der Waals surface area contributed by atoms with E-state index in [4.69, 9.17) is 9.47 Å². The molecule has 7 heteroatoms. The van der Waals surface area contributed by atoms with Crippen molar-refractivity contribution >= 4 is 55.2 Å². The second kappa shape index (κ2) is 9.13. The van der Waals surface area contributed by atoms with Gasteiger partial charge in [-0.15, -0.1) is 0 Å². The molecule has 0 saturated heterocycles. The van der Waals surface area contributed by atoms with Crippen molar-refractivity contribution in [2.45, 2.75) is 33.8 Å². The molecule has 0 spiro atoms. The first-order valence-electron chi connectivity index (χ1n) is 9.31. The van der Waals surface area contributed by atoms with Gasteiger partial charge in [-0.25, -0.2) is 0 Å². The minimum atomic E-state index is -0.169. The number of amides is 1. The van der Waals surface area contributed by atoms with Gasteiger partial charge in [0, 0.05) is 4.47 Å². The first-order valence-corrected chi connectivity index (χ1v) is 10.9. The van der Waals surface area contributed by atoms with Crippen molar-refractivity contribution in [3.63, 3.8) is 0 Å². The number of para-hydroxylation sites is 1. The third kappa shape index (κ3) is 4.56. The monoisotopic (exact) mass is 520 g/mol. The Labute approximate surface area is 187 Å². The fraction of sp³-hybridized carbons (Fsp3) is 0.273. The van der Waals surface area contributed by atoms with Crippen LogP contribution in [0.5, 0.6) is 11.5 Å². The average molecular weight is 522 g/mol. The second-order valence-corrected chi connectivity index (χ2v) is 8.30. The predicted octanol–water partition coefficient (Wildman–Crippen LogP) is 6.20. The molecule has 29 heavy (non-hydrogen) atoms. The second-order valence-electron chi connectivity index (χ2n) is 6.72. The third-order valence-electron chi connectivity index (χ3n) is 4.17. The van der Waals surface area contributed by atoms with Gasteiger partial charge < -0.3 is 9.47 Å². The summed E-state index contributed by atoms with van der Waals surface area (Å²) in [5, 5.41) is 5.85. The Bertz CT molecular complexity index is 985. The van der Waals surface area contributed by atoms with Gasteiger partial charge in [0.25, 0.3) is 5.91 Å². The summed E-state index contributed by atoms with van der Waals surface area (Å²) in [4.78, 5) is 13.0. The molecule has 152 valence electrons. The molecule has 0 N–H and O–H groups in total. The van der Waals surface area contributed by atoms with Crippen LogP contribution in [0.1, 0.15) is 33.3 Å². The van der Waals surface area contributed by atoms with E-state index in [1.807, 2.05) is 70.2 Å². The minimum absolute atomic E-state index is 0.00757. The highest BCUT2D eigenvalue weighted by Gasteiger charge is 2.29. The van der Waals surface area contributed by atoms with Crippen molar-refractivity contribution in [1.29, 1.82) is 0 Å². The molecule has 0 aromatic heterocycles. The van der Waals surface area contributed by atoms with Gasteiger partial charge >= 0.3 is 0 Å². The first-order chi connectivity index (χ1) is 13.8. The molecule has 5 nitrogen and oxygen atoms in total. The third-order valence-corrected chi connectivity index (χ3v) is 6.32. The number of ether oxygens (including phenoxy) is 2. The number of anilines is 1. The van der Waals surface area contributed by atoms with Crippen LogP contribution in [0, 0.1) is 0 Å². The fourth-order valence-electron chi connectivity index (χ4n) is 2.90. The van der Waals surface area contributed by atoms with E-state index < -0.39 is 0 Å². The zero-order valence-electron chi connectivity index (χ0n) is 16.7. The summed E-state index contributed by atoms with van der Waals surface area (Å²) < 4.78 is 13.2. The van der Waals surface area contributed by atoms with E-state index in [0.717, 1.165) is 20.2 Å². The standard InChI is InChI=1S/C22H22Br2N2O3/c1-5-28-18-12-15(19(23)20(24)21(18)29-13(2)3)11-17-14(4)25-26(22(17)27)16-9-7-6-8-10-16/h6-13H,5H2,1-4H3/b17-11+.